The summed E-state index contributed by atoms with van der Waals surface area (Å²) in [4.78, 5) is 10.8. The summed E-state index contributed by atoms with van der Waals surface area (Å²) in [5, 5.41) is 3.30. The molecular weight excluding hydrogens is 264 g/mol. The van der Waals surface area contributed by atoms with Crippen molar-refractivity contribution in [3.63, 3.8) is 0 Å². The van der Waals surface area contributed by atoms with Crippen LogP contribution in [0, 0.1) is 6.92 Å². The standard InChI is InChI=1S/C16H22N4O/c1-5-20(6-2)16-10-15(17-11-18-16)19-13-9-12(3)7-8-14(13)21-4/h7-11H,5-6H2,1-4H3,(H,17,18,19). The van der Waals surface area contributed by atoms with Gasteiger partial charge in [-0.25, -0.2) is 9.97 Å². The van der Waals surface area contributed by atoms with Gasteiger partial charge in [0.1, 0.15) is 23.7 Å². The Hall–Kier alpha value is -2.30. The van der Waals surface area contributed by atoms with Crippen molar-refractivity contribution < 1.29 is 4.74 Å². The fraction of sp³-hybridized carbons (Fsp3) is 0.375. The molecule has 0 saturated heterocycles. The first-order valence-corrected chi connectivity index (χ1v) is 7.16. The van der Waals surface area contributed by atoms with Crippen LogP contribution in [0.5, 0.6) is 5.75 Å². The lowest BCUT2D eigenvalue weighted by Gasteiger charge is -2.20. The zero-order chi connectivity index (χ0) is 15.2. The fourth-order valence-electron chi connectivity index (χ4n) is 2.19. The van der Waals surface area contributed by atoms with Crippen molar-refractivity contribution in [1.82, 2.24) is 9.97 Å². The number of rotatable bonds is 6. The molecule has 5 nitrogen and oxygen atoms in total. The molecule has 0 fully saturated rings. The zero-order valence-corrected chi connectivity index (χ0v) is 13.1. The van der Waals surface area contributed by atoms with Crippen LogP contribution in [0.1, 0.15) is 19.4 Å². The maximum absolute atomic E-state index is 5.38. The highest BCUT2D eigenvalue weighted by molar-refractivity contribution is 5.66. The van der Waals surface area contributed by atoms with Crippen molar-refractivity contribution in [2.45, 2.75) is 20.8 Å². The summed E-state index contributed by atoms with van der Waals surface area (Å²) in [5.41, 5.74) is 2.07. The number of nitrogens with one attached hydrogen (secondary N) is 1. The third kappa shape index (κ3) is 3.62. The highest BCUT2D eigenvalue weighted by Gasteiger charge is 2.08. The molecule has 5 heteroatoms. The molecule has 0 unspecified atom stereocenters. The Labute approximate surface area is 126 Å². The Balaban J connectivity index is 2.28. The van der Waals surface area contributed by atoms with Crippen LogP contribution in [0.3, 0.4) is 0 Å². The summed E-state index contributed by atoms with van der Waals surface area (Å²) in [6, 6.07) is 7.96. The fourth-order valence-corrected chi connectivity index (χ4v) is 2.19. The quantitative estimate of drug-likeness (QED) is 0.882. The van der Waals surface area contributed by atoms with Gasteiger partial charge < -0.3 is 15.0 Å². The number of hydrogen-bond donors (Lipinski definition) is 1. The Morgan fingerprint density at radius 1 is 1.14 bits per heavy atom. The van der Waals surface area contributed by atoms with Crippen LogP contribution in [0.25, 0.3) is 0 Å². The number of nitrogens with zero attached hydrogens (tertiary/aromatic N) is 3. The molecular formula is C16H22N4O. The number of ether oxygens (including phenoxy) is 1. The van der Waals surface area contributed by atoms with E-state index in [0.29, 0.717) is 0 Å². The first-order valence-electron chi connectivity index (χ1n) is 7.16. The average Bonchev–Trinajstić information content (AvgIpc) is 2.49. The van der Waals surface area contributed by atoms with Crippen molar-refractivity contribution in [2.75, 3.05) is 30.4 Å². The second kappa shape index (κ2) is 6.92. The van der Waals surface area contributed by atoms with E-state index in [1.165, 1.54) is 0 Å². The van der Waals surface area contributed by atoms with E-state index in [1.54, 1.807) is 13.4 Å². The van der Waals surface area contributed by atoms with Gasteiger partial charge in [-0.15, -0.1) is 0 Å². The number of aryl methyl sites for hydroxylation is 1. The predicted octanol–water partition coefficient (Wildman–Crippen LogP) is 3.38. The molecule has 1 N–H and O–H groups in total. The van der Waals surface area contributed by atoms with Crippen molar-refractivity contribution in [1.29, 1.82) is 0 Å². The third-order valence-corrected chi connectivity index (χ3v) is 3.36. The lowest BCUT2D eigenvalue weighted by atomic mass is 10.2. The van der Waals surface area contributed by atoms with Gasteiger partial charge in [0.2, 0.25) is 0 Å². The summed E-state index contributed by atoms with van der Waals surface area (Å²) in [6.45, 7) is 8.11. The zero-order valence-electron chi connectivity index (χ0n) is 13.1. The number of methoxy groups -OCH3 is 1. The van der Waals surface area contributed by atoms with E-state index in [4.69, 9.17) is 4.74 Å². The van der Waals surface area contributed by atoms with Gasteiger partial charge in [0.25, 0.3) is 0 Å². The Morgan fingerprint density at radius 2 is 1.90 bits per heavy atom. The molecule has 2 aromatic rings. The summed E-state index contributed by atoms with van der Waals surface area (Å²) in [6.07, 6.45) is 1.58. The monoisotopic (exact) mass is 286 g/mol. The molecule has 0 saturated carbocycles. The summed E-state index contributed by atoms with van der Waals surface area (Å²) >= 11 is 0. The van der Waals surface area contributed by atoms with E-state index in [1.807, 2.05) is 31.2 Å². The molecule has 0 atom stereocenters. The third-order valence-electron chi connectivity index (χ3n) is 3.36. The van der Waals surface area contributed by atoms with E-state index >= 15 is 0 Å². The van der Waals surface area contributed by atoms with E-state index < -0.39 is 0 Å². The molecule has 0 amide bonds. The van der Waals surface area contributed by atoms with Crippen LogP contribution in [-0.2, 0) is 0 Å². The van der Waals surface area contributed by atoms with Gasteiger partial charge in [0.05, 0.1) is 12.8 Å². The van der Waals surface area contributed by atoms with Crippen LogP contribution in [-0.4, -0.2) is 30.2 Å². The first-order chi connectivity index (χ1) is 10.2. The molecule has 2 rings (SSSR count). The molecule has 21 heavy (non-hydrogen) atoms. The second-order valence-electron chi connectivity index (χ2n) is 4.76. The molecule has 1 aromatic carbocycles. The van der Waals surface area contributed by atoms with Crippen LogP contribution in [0.4, 0.5) is 17.3 Å². The average molecular weight is 286 g/mol. The van der Waals surface area contributed by atoms with Crippen molar-refractivity contribution in [3.05, 3.63) is 36.2 Å². The highest BCUT2D eigenvalue weighted by Crippen LogP contribution is 2.28. The minimum absolute atomic E-state index is 0.760. The van der Waals surface area contributed by atoms with Crippen molar-refractivity contribution in [3.8, 4) is 5.75 Å². The second-order valence-corrected chi connectivity index (χ2v) is 4.76. The van der Waals surface area contributed by atoms with Gasteiger partial charge in [-0.1, -0.05) is 6.07 Å². The summed E-state index contributed by atoms with van der Waals surface area (Å²) in [5.74, 6) is 2.48. The Kier molecular flexibility index (Phi) is 4.98. The molecule has 0 aliphatic rings. The molecule has 0 radical (unpaired) electrons. The van der Waals surface area contributed by atoms with Gasteiger partial charge in [-0.05, 0) is 38.5 Å². The molecule has 0 aliphatic carbocycles. The van der Waals surface area contributed by atoms with E-state index in [-0.39, 0.29) is 0 Å². The number of hydrogen-bond acceptors (Lipinski definition) is 5. The normalized spacial score (nSPS) is 10.3. The molecule has 0 spiro atoms. The topological polar surface area (TPSA) is 50.3 Å². The maximum Gasteiger partial charge on any atom is 0.142 e. The van der Waals surface area contributed by atoms with Gasteiger partial charge in [-0.3, -0.25) is 0 Å². The lowest BCUT2D eigenvalue weighted by molar-refractivity contribution is 0.416. The Bertz CT molecular complexity index is 597. The largest absolute Gasteiger partial charge is 0.495 e. The van der Waals surface area contributed by atoms with Crippen LogP contribution >= 0.6 is 0 Å². The van der Waals surface area contributed by atoms with Gasteiger partial charge in [-0.2, -0.15) is 0 Å². The van der Waals surface area contributed by atoms with Gasteiger partial charge in [0, 0.05) is 19.2 Å². The summed E-state index contributed by atoms with van der Waals surface area (Å²) < 4.78 is 5.38. The molecule has 1 heterocycles. The van der Waals surface area contributed by atoms with E-state index in [0.717, 1.165) is 41.7 Å². The van der Waals surface area contributed by atoms with Gasteiger partial charge >= 0.3 is 0 Å². The smallest absolute Gasteiger partial charge is 0.142 e. The highest BCUT2D eigenvalue weighted by atomic mass is 16.5. The Morgan fingerprint density at radius 3 is 2.57 bits per heavy atom. The molecule has 0 bridgehead atoms. The first kappa shape index (κ1) is 15.1. The number of anilines is 3. The molecule has 1 aromatic heterocycles. The lowest BCUT2D eigenvalue weighted by Crippen LogP contribution is -2.23. The number of aromatic nitrogens is 2. The minimum Gasteiger partial charge on any atom is -0.495 e. The van der Waals surface area contributed by atoms with Crippen LogP contribution in [0.2, 0.25) is 0 Å². The minimum atomic E-state index is 0.760. The summed E-state index contributed by atoms with van der Waals surface area (Å²) in [7, 11) is 1.66. The van der Waals surface area contributed by atoms with Crippen molar-refractivity contribution >= 4 is 17.3 Å². The molecule has 0 aliphatic heterocycles. The van der Waals surface area contributed by atoms with Crippen LogP contribution in [0.15, 0.2) is 30.6 Å². The van der Waals surface area contributed by atoms with Gasteiger partial charge in [0.15, 0.2) is 0 Å². The maximum atomic E-state index is 5.38. The number of benzene rings is 1. The molecule has 112 valence electrons. The SMILES string of the molecule is CCN(CC)c1cc(Nc2cc(C)ccc2OC)ncn1. The van der Waals surface area contributed by atoms with Crippen molar-refractivity contribution in [2.24, 2.45) is 0 Å². The van der Waals surface area contributed by atoms with E-state index in [9.17, 15) is 0 Å². The van der Waals surface area contributed by atoms with Crippen LogP contribution < -0.4 is 15.0 Å². The predicted molar refractivity (Wildman–Crippen MR) is 86.6 cm³/mol. The van der Waals surface area contributed by atoms with E-state index in [2.05, 4.69) is 34.0 Å².